The Hall–Kier alpha value is -2.14. The van der Waals surface area contributed by atoms with Gasteiger partial charge in [0, 0.05) is 22.1 Å². The summed E-state index contributed by atoms with van der Waals surface area (Å²) in [5.74, 6) is 0.658. The Morgan fingerprint density at radius 1 is 1.19 bits per heavy atom. The van der Waals surface area contributed by atoms with Crippen molar-refractivity contribution in [1.29, 1.82) is 0 Å². The van der Waals surface area contributed by atoms with E-state index in [1.54, 1.807) is 18.9 Å². The van der Waals surface area contributed by atoms with Crippen molar-refractivity contribution in [2.24, 2.45) is 0 Å². The van der Waals surface area contributed by atoms with E-state index in [0.29, 0.717) is 16.7 Å². The molecule has 4 rings (SSSR count). The van der Waals surface area contributed by atoms with Gasteiger partial charge >= 0.3 is 0 Å². The summed E-state index contributed by atoms with van der Waals surface area (Å²) in [6, 6.07) is 11.7. The Balaban J connectivity index is 1.60. The van der Waals surface area contributed by atoms with E-state index in [9.17, 15) is 4.79 Å². The maximum absolute atomic E-state index is 12.7. The lowest BCUT2D eigenvalue weighted by Gasteiger charge is -2.17. The first kappa shape index (κ1) is 17.3. The Labute approximate surface area is 157 Å². The number of furan rings is 1. The highest BCUT2D eigenvalue weighted by Gasteiger charge is 2.23. The molecule has 1 aromatic heterocycles. The lowest BCUT2D eigenvalue weighted by molar-refractivity contribution is -0.115. The van der Waals surface area contributed by atoms with Crippen molar-refractivity contribution in [3.05, 3.63) is 36.4 Å². The largest absolute Gasteiger partial charge is 0.495 e. The minimum atomic E-state index is -0.0887. The van der Waals surface area contributed by atoms with Crippen molar-refractivity contribution >= 4 is 45.3 Å². The van der Waals surface area contributed by atoms with Crippen LogP contribution in [0.4, 0.5) is 5.69 Å². The van der Waals surface area contributed by atoms with Gasteiger partial charge < -0.3 is 14.5 Å². The fraction of sp³-hybridized carbons (Fsp3) is 0.381. The predicted octanol–water partition coefficient (Wildman–Crippen LogP) is 5.60. The van der Waals surface area contributed by atoms with E-state index in [2.05, 4.69) is 5.32 Å². The Morgan fingerprint density at radius 2 is 1.96 bits per heavy atom. The number of amides is 1. The van der Waals surface area contributed by atoms with Crippen LogP contribution in [0.3, 0.4) is 0 Å². The average molecular weight is 369 g/mol. The highest BCUT2D eigenvalue weighted by Crippen LogP contribution is 2.37. The maximum Gasteiger partial charge on any atom is 0.237 e. The van der Waals surface area contributed by atoms with Crippen LogP contribution in [0.2, 0.25) is 0 Å². The number of para-hydroxylation sites is 1. The van der Waals surface area contributed by atoms with Gasteiger partial charge in [-0.25, -0.2) is 0 Å². The molecule has 1 fully saturated rings. The van der Waals surface area contributed by atoms with Gasteiger partial charge in [0.05, 0.1) is 18.0 Å². The van der Waals surface area contributed by atoms with E-state index in [1.165, 1.54) is 25.7 Å². The molecule has 0 bridgehead atoms. The summed E-state index contributed by atoms with van der Waals surface area (Å²) in [4.78, 5) is 12.7. The molecule has 0 saturated heterocycles. The molecule has 5 heteroatoms. The molecule has 26 heavy (non-hydrogen) atoms. The number of carbonyl (C=O) groups is 1. The fourth-order valence-electron chi connectivity index (χ4n) is 3.63. The van der Waals surface area contributed by atoms with Gasteiger partial charge in [0.1, 0.15) is 16.9 Å². The smallest absolute Gasteiger partial charge is 0.237 e. The number of rotatable bonds is 5. The molecule has 1 N–H and O–H groups in total. The van der Waals surface area contributed by atoms with Crippen molar-refractivity contribution in [2.45, 2.75) is 43.1 Å². The van der Waals surface area contributed by atoms with Gasteiger partial charge in [-0.2, -0.15) is 0 Å². The van der Waals surface area contributed by atoms with Crippen molar-refractivity contribution < 1.29 is 13.9 Å². The summed E-state index contributed by atoms with van der Waals surface area (Å²) >= 11 is 1.78. The van der Waals surface area contributed by atoms with Crippen molar-refractivity contribution in [1.82, 2.24) is 0 Å². The van der Waals surface area contributed by atoms with Crippen LogP contribution in [-0.2, 0) is 4.79 Å². The van der Waals surface area contributed by atoms with Gasteiger partial charge in [-0.3, -0.25) is 4.79 Å². The molecule has 1 aliphatic rings. The van der Waals surface area contributed by atoms with Crippen LogP contribution in [0.5, 0.6) is 5.75 Å². The zero-order valence-electron chi connectivity index (χ0n) is 15.1. The number of methoxy groups -OCH3 is 1. The average Bonchev–Trinajstić information content (AvgIpc) is 3.27. The van der Waals surface area contributed by atoms with Crippen molar-refractivity contribution in [3.63, 3.8) is 0 Å². The second-order valence-electron chi connectivity index (χ2n) is 6.82. The number of fused-ring (bicyclic) bond motifs is 3. The molecule has 1 aliphatic carbocycles. The second-order valence-corrected chi connectivity index (χ2v) is 8.47. The van der Waals surface area contributed by atoms with Gasteiger partial charge in [0.15, 0.2) is 0 Å². The molecule has 2 aromatic carbocycles. The van der Waals surface area contributed by atoms with E-state index in [0.717, 1.165) is 21.9 Å². The van der Waals surface area contributed by atoms with Crippen LogP contribution in [-0.4, -0.2) is 23.5 Å². The molecule has 0 spiro atoms. The van der Waals surface area contributed by atoms with Crippen LogP contribution < -0.4 is 10.1 Å². The minimum Gasteiger partial charge on any atom is -0.495 e. The number of carbonyl (C=O) groups excluding carboxylic acids is 1. The van der Waals surface area contributed by atoms with Crippen LogP contribution in [0, 0.1) is 0 Å². The number of hydrogen-bond acceptors (Lipinski definition) is 4. The molecule has 1 heterocycles. The quantitative estimate of drug-likeness (QED) is 0.636. The predicted molar refractivity (Wildman–Crippen MR) is 108 cm³/mol. The summed E-state index contributed by atoms with van der Waals surface area (Å²) in [7, 11) is 1.62. The number of ether oxygens (including phenoxy) is 1. The van der Waals surface area contributed by atoms with Gasteiger partial charge in [-0.05, 0) is 31.9 Å². The third-order valence-corrected chi connectivity index (χ3v) is 6.50. The summed E-state index contributed by atoms with van der Waals surface area (Å²) in [6.07, 6.45) is 5.00. The third-order valence-electron chi connectivity index (χ3n) is 5.02. The van der Waals surface area contributed by atoms with Crippen LogP contribution in [0.15, 0.2) is 40.8 Å². The maximum atomic E-state index is 12.7. The zero-order valence-corrected chi connectivity index (χ0v) is 15.9. The van der Waals surface area contributed by atoms with Crippen LogP contribution >= 0.6 is 11.8 Å². The summed E-state index contributed by atoms with van der Waals surface area (Å²) in [5.41, 5.74) is 2.24. The lowest BCUT2D eigenvalue weighted by atomic mass is 10.1. The standard InChI is InChI=1S/C21H23NO3S/c1-13(26-14-7-3-4-8-14)21(23)22-17-12-19-16(11-20(17)24-2)15-9-5-6-10-18(15)25-19/h5-6,9-14H,3-4,7-8H2,1-2H3,(H,22,23)/t13-/m1/s1. The van der Waals surface area contributed by atoms with Gasteiger partial charge in [-0.15, -0.1) is 11.8 Å². The molecule has 1 amide bonds. The first-order valence-electron chi connectivity index (χ1n) is 9.11. The normalized spacial score (nSPS) is 16.2. The molecule has 0 unspecified atom stereocenters. The van der Waals surface area contributed by atoms with E-state index in [4.69, 9.17) is 9.15 Å². The number of benzene rings is 2. The minimum absolute atomic E-state index is 0.00987. The molecule has 1 atom stereocenters. The summed E-state index contributed by atoms with van der Waals surface area (Å²) < 4.78 is 11.5. The molecular formula is C21H23NO3S. The van der Waals surface area contributed by atoms with Gasteiger partial charge in [0.25, 0.3) is 0 Å². The first-order valence-corrected chi connectivity index (χ1v) is 10.1. The van der Waals surface area contributed by atoms with Crippen LogP contribution in [0.1, 0.15) is 32.6 Å². The zero-order chi connectivity index (χ0) is 18.1. The van der Waals surface area contributed by atoms with E-state index < -0.39 is 0 Å². The third kappa shape index (κ3) is 3.28. The summed E-state index contributed by atoms with van der Waals surface area (Å²) in [5, 5.41) is 5.58. The molecule has 1 saturated carbocycles. The fourth-order valence-corrected chi connectivity index (χ4v) is 4.99. The van der Waals surface area contributed by atoms with Crippen LogP contribution in [0.25, 0.3) is 21.9 Å². The monoisotopic (exact) mass is 369 g/mol. The molecule has 3 aromatic rings. The molecular weight excluding hydrogens is 346 g/mol. The van der Waals surface area contributed by atoms with E-state index in [-0.39, 0.29) is 11.2 Å². The second kappa shape index (κ2) is 7.23. The Bertz CT molecular complexity index is 943. The number of anilines is 1. The molecule has 4 nitrogen and oxygen atoms in total. The highest BCUT2D eigenvalue weighted by atomic mass is 32.2. The number of thioether (sulfide) groups is 1. The Morgan fingerprint density at radius 3 is 2.73 bits per heavy atom. The Kier molecular flexibility index (Phi) is 4.81. The number of nitrogens with one attached hydrogen (secondary N) is 1. The van der Waals surface area contributed by atoms with Gasteiger partial charge in [-0.1, -0.05) is 31.0 Å². The molecule has 0 radical (unpaired) electrons. The molecule has 136 valence electrons. The van der Waals surface area contributed by atoms with Gasteiger partial charge in [0.2, 0.25) is 5.91 Å². The first-order chi connectivity index (χ1) is 12.7. The lowest BCUT2D eigenvalue weighted by Crippen LogP contribution is -2.24. The van der Waals surface area contributed by atoms with Crippen molar-refractivity contribution in [2.75, 3.05) is 12.4 Å². The summed E-state index contributed by atoms with van der Waals surface area (Å²) in [6.45, 7) is 1.98. The topological polar surface area (TPSA) is 51.5 Å². The van der Waals surface area contributed by atoms with E-state index in [1.807, 2.05) is 43.3 Å². The van der Waals surface area contributed by atoms with E-state index >= 15 is 0 Å². The SMILES string of the molecule is COc1cc2c(cc1NC(=O)[C@@H](C)SC1CCCC1)oc1ccccc12. The van der Waals surface area contributed by atoms with Crippen molar-refractivity contribution in [3.8, 4) is 5.75 Å². The molecule has 0 aliphatic heterocycles. The highest BCUT2D eigenvalue weighted by molar-refractivity contribution is 8.01. The number of hydrogen-bond donors (Lipinski definition) is 1.